The quantitative estimate of drug-likeness (QED) is 0.322. The molecule has 37 heavy (non-hydrogen) atoms. The van der Waals surface area contributed by atoms with Gasteiger partial charge in [0.2, 0.25) is 0 Å². The second-order valence-corrected chi connectivity index (χ2v) is 8.92. The standard InChI is InChI=1S/C29H25N7O/c1-20-6-4-7-24(33-20)28-27(26-8-2-3-16-36(26)34-28)23-11-13-31-25-18-21(9-10-22(23)25)29(37)32-12-5-15-35-17-14-30-19-35/h2-4,6-11,13-14,16-19H,5,12,15H2,1H3,(H,32,37). The van der Waals surface area contributed by atoms with Crippen molar-refractivity contribution in [1.29, 1.82) is 0 Å². The van der Waals surface area contributed by atoms with Crippen LogP contribution >= 0.6 is 0 Å². The van der Waals surface area contributed by atoms with Crippen molar-refractivity contribution in [1.82, 2.24) is 34.4 Å². The van der Waals surface area contributed by atoms with E-state index in [0.717, 1.165) is 57.6 Å². The van der Waals surface area contributed by atoms with Gasteiger partial charge in [-0.05, 0) is 61.4 Å². The number of amides is 1. The van der Waals surface area contributed by atoms with E-state index in [4.69, 9.17) is 10.1 Å². The molecular weight excluding hydrogens is 462 g/mol. The third-order valence-corrected chi connectivity index (χ3v) is 6.38. The summed E-state index contributed by atoms with van der Waals surface area (Å²) in [6, 6.07) is 19.7. The van der Waals surface area contributed by atoms with Crippen LogP contribution in [0.3, 0.4) is 0 Å². The number of pyridine rings is 3. The van der Waals surface area contributed by atoms with Crippen LogP contribution in [0.4, 0.5) is 0 Å². The van der Waals surface area contributed by atoms with Gasteiger partial charge in [-0.1, -0.05) is 18.2 Å². The van der Waals surface area contributed by atoms with Gasteiger partial charge in [0.25, 0.3) is 5.91 Å². The Morgan fingerprint density at radius 2 is 1.95 bits per heavy atom. The van der Waals surface area contributed by atoms with Gasteiger partial charge in [-0.15, -0.1) is 0 Å². The average Bonchev–Trinajstić information content (AvgIpc) is 3.58. The highest BCUT2D eigenvalue weighted by molar-refractivity contribution is 6.05. The maximum absolute atomic E-state index is 12.8. The fourth-order valence-corrected chi connectivity index (χ4v) is 4.61. The zero-order chi connectivity index (χ0) is 25.2. The Morgan fingerprint density at radius 1 is 1.00 bits per heavy atom. The molecular formula is C29H25N7O. The fraction of sp³-hybridized carbons (Fsp3) is 0.138. The van der Waals surface area contributed by atoms with E-state index in [2.05, 4.69) is 21.4 Å². The Hall–Kier alpha value is -4.85. The lowest BCUT2D eigenvalue weighted by molar-refractivity contribution is 0.0953. The number of carbonyl (C=O) groups is 1. The maximum Gasteiger partial charge on any atom is 0.251 e. The van der Waals surface area contributed by atoms with Gasteiger partial charge in [0.15, 0.2) is 0 Å². The van der Waals surface area contributed by atoms with Crippen molar-refractivity contribution < 1.29 is 4.79 Å². The van der Waals surface area contributed by atoms with Gasteiger partial charge < -0.3 is 9.88 Å². The average molecular weight is 488 g/mol. The molecule has 0 aliphatic heterocycles. The minimum absolute atomic E-state index is 0.111. The van der Waals surface area contributed by atoms with E-state index in [1.54, 1.807) is 18.7 Å². The first-order chi connectivity index (χ1) is 18.2. The molecule has 0 saturated heterocycles. The Morgan fingerprint density at radius 3 is 2.81 bits per heavy atom. The number of nitrogens with one attached hydrogen (secondary N) is 1. The summed E-state index contributed by atoms with van der Waals surface area (Å²) in [5, 5.41) is 8.83. The lowest BCUT2D eigenvalue weighted by Gasteiger charge is -2.10. The summed E-state index contributed by atoms with van der Waals surface area (Å²) >= 11 is 0. The molecule has 1 amide bonds. The van der Waals surface area contributed by atoms with Gasteiger partial charge in [0, 0.05) is 60.1 Å². The van der Waals surface area contributed by atoms with Gasteiger partial charge in [-0.25, -0.2) is 9.50 Å². The Balaban J connectivity index is 1.35. The van der Waals surface area contributed by atoms with Crippen LogP contribution in [0.2, 0.25) is 0 Å². The Bertz CT molecular complexity index is 1720. The van der Waals surface area contributed by atoms with Crippen LogP contribution in [-0.2, 0) is 6.54 Å². The summed E-state index contributed by atoms with van der Waals surface area (Å²) in [6.45, 7) is 3.36. The van der Waals surface area contributed by atoms with Crippen LogP contribution < -0.4 is 5.32 Å². The van der Waals surface area contributed by atoms with Crippen molar-refractivity contribution in [2.45, 2.75) is 19.9 Å². The number of benzene rings is 1. The highest BCUT2D eigenvalue weighted by Gasteiger charge is 2.20. The molecule has 1 aromatic carbocycles. The van der Waals surface area contributed by atoms with Crippen molar-refractivity contribution in [3.05, 3.63) is 103 Å². The van der Waals surface area contributed by atoms with E-state index >= 15 is 0 Å². The molecule has 0 spiro atoms. The zero-order valence-electron chi connectivity index (χ0n) is 20.4. The SMILES string of the molecule is Cc1cccc(-c2nn3ccccc3c2-c2ccnc3cc(C(=O)NCCCn4ccnc4)ccc23)n1. The third-order valence-electron chi connectivity index (χ3n) is 6.38. The van der Waals surface area contributed by atoms with Crippen molar-refractivity contribution >= 4 is 22.3 Å². The molecule has 5 heterocycles. The summed E-state index contributed by atoms with van der Waals surface area (Å²) in [6.07, 6.45) is 9.99. The number of fused-ring (bicyclic) bond motifs is 2. The summed E-state index contributed by atoms with van der Waals surface area (Å²) < 4.78 is 3.88. The van der Waals surface area contributed by atoms with Crippen LogP contribution in [0, 0.1) is 6.92 Å². The molecule has 5 aromatic heterocycles. The molecule has 0 radical (unpaired) electrons. The number of aromatic nitrogens is 6. The molecule has 0 unspecified atom stereocenters. The molecule has 0 atom stereocenters. The van der Waals surface area contributed by atoms with Crippen LogP contribution in [0.1, 0.15) is 22.5 Å². The molecule has 1 N–H and O–H groups in total. The predicted octanol–water partition coefficient (Wildman–Crippen LogP) is 4.94. The van der Waals surface area contributed by atoms with Crippen molar-refractivity contribution in [3.63, 3.8) is 0 Å². The number of imidazole rings is 1. The zero-order valence-corrected chi connectivity index (χ0v) is 20.4. The van der Waals surface area contributed by atoms with Gasteiger partial charge in [0.1, 0.15) is 5.69 Å². The van der Waals surface area contributed by atoms with Crippen LogP contribution in [0.15, 0.2) is 91.8 Å². The molecule has 0 bridgehead atoms. The molecule has 0 fully saturated rings. The molecule has 6 rings (SSSR count). The summed E-state index contributed by atoms with van der Waals surface area (Å²) in [5.41, 5.74) is 6.85. The number of hydrogen-bond acceptors (Lipinski definition) is 5. The lowest BCUT2D eigenvalue weighted by Crippen LogP contribution is -2.25. The normalized spacial score (nSPS) is 11.3. The monoisotopic (exact) mass is 487 g/mol. The Labute approximate surface area is 213 Å². The smallest absolute Gasteiger partial charge is 0.251 e. The summed E-state index contributed by atoms with van der Waals surface area (Å²) in [5.74, 6) is -0.111. The first kappa shape index (κ1) is 22.6. The fourth-order valence-electron chi connectivity index (χ4n) is 4.61. The molecule has 182 valence electrons. The third kappa shape index (κ3) is 4.45. The summed E-state index contributed by atoms with van der Waals surface area (Å²) in [4.78, 5) is 26.2. The Kier molecular flexibility index (Phi) is 5.90. The number of hydrogen-bond donors (Lipinski definition) is 1. The van der Waals surface area contributed by atoms with Crippen LogP contribution in [0.25, 0.3) is 38.9 Å². The first-order valence-corrected chi connectivity index (χ1v) is 12.2. The number of rotatable bonds is 7. The van der Waals surface area contributed by atoms with Gasteiger partial charge in [-0.3, -0.25) is 14.8 Å². The predicted molar refractivity (Wildman–Crippen MR) is 143 cm³/mol. The molecule has 0 saturated carbocycles. The molecule has 0 aliphatic rings. The summed E-state index contributed by atoms with van der Waals surface area (Å²) in [7, 11) is 0. The highest BCUT2D eigenvalue weighted by Crippen LogP contribution is 2.37. The van der Waals surface area contributed by atoms with Crippen LogP contribution in [-0.4, -0.2) is 41.6 Å². The van der Waals surface area contributed by atoms with E-state index in [9.17, 15) is 4.79 Å². The largest absolute Gasteiger partial charge is 0.352 e. The minimum atomic E-state index is -0.111. The maximum atomic E-state index is 12.8. The second kappa shape index (κ2) is 9.66. The van der Waals surface area contributed by atoms with Crippen LogP contribution in [0.5, 0.6) is 0 Å². The van der Waals surface area contributed by atoms with Crippen molar-refractivity contribution in [3.8, 4) is 22.5 Å². The lowest BCUT2D eigenvalue weighted by atomic mass is 9.97. The molecule has 8 nitrogen and oxygen atoms in total. The highest BCUT2D eigenvalue weighted by atomic mass is 16.1. The molecule has 0 aliphatic carbocycles. The molecule has 8 heteroatoms. The second-order valence-electron chi connectivity index (χ2n) is 8.92. The van der Waals surface area contributed by atoms with E-state index in [1.807, 2.05) is 83.0 Å². The van der Waals surface area contributed by atoms with Gasteiger partial charge in [-0.2, -0.15) is 5.10 Å². The van der Waals surface area contributed by atoms with E-state index < -0.39 is 0 Å². The molecule has 6 aromatic rings. The minimum Gasteiger partial charge on any atom is -0.352 e. The van der Waals surface area contributed by atoms with Gasteiger partial charge in [0.05, 0.1) is 23.1 Å². The number of aryl methyl sites for hydroxylation is 2. The van der Waals surface area contributed by atoms with E-state index in [1.165, 1.54) is 0 Å². The van der Waals surface area contributed by atoms with E-state index in [-0.39, 0.29) is 5.91 Å². The number of nitrogens with zero attached hydrogens (tertiary/aromatic N) is 6. The van der Waals surface area contributed by atoms with Gasteiger partial charge >= 0.3 is 0 Å². The topological polar surface area (TPSA) is 90.0 Å². The number of carbonyl (C=O) groups excluding carboxylic acids is 1. The first-order valence-electron chi connectivity index (χ1n) is 12.2. The van der Waals surface area contributed by atoms with E-state index in [0.29, 0.717) is 12.1 Å². The van der Waals surface area contributed by atoms with Crippen molar-refractivity contribution in [2.24, 2.45) is 0 Å². The van der Waals surface area contributed by atoms with Crippen molar-refractivity contribution in [2.75, 3.05) is 6.54 Å².